The molecule has 0 fully saturated rings. The van der Waals surface area contributed by atoms with Crippen LogP contribution in [-0.4, -0.2) is 12.1 Å². The van der Waals surface area contributed by atoms with E-state index in [0.29, 0.717) is 0 Å². The molecule has 102 valence electrons. The van der Waals surface area contributed by atoms with Gasteiger partial charge >= 0.3 is 0 Å². The maximum absolute atomic E-state index is 5.42. The molecule has 2 aromatic rings. The van der Waals surface area contributed by atoms with Gasteiger partial charge < -0.3 is 10.1 Å². The minimum absolute atomic E-state index is 0.736. The molecule has 0 aliphatic carbocycles. The molecule has 19 heavy (non-hydrogen) atoms. The van der Waals surface area contributed by atoms with Crippen LogP contribution in [0.25, 0.3) is 0 Å². The topological polar surface area (TPSA) is 34.1 Å². The molecule has 0 radical (unpaired) electrons. The van der Waals surface area contributed by atoms with Crippen molar-refractivity contribution in [3.05, 3.63) is 42.7 Å². The van der Waals surface area contributed by atoms with E-state index in [1.165, 1.54) is 0 Å². The maximum atomic E-state index is 5.42. The Labute approximate surface area is 133 Å². The predicted molar refractivity (Wildman–Crippen MR) is 85.8 cm³/mol. The lowest BCUT2D eigenvalue weighted by Gasteiger charge is -2.11. The predicted octanol–water partition coefficient (Wildman–Crippen LogP) is 4.27. The first-order valence-electron chi connectivity index (χ1n) is 5.73. The van der Waals surface area contributed by atoms with Gasteiger partial charge in [0, 0.05) is 34.2 Å². The Morgan fingerprint density at radius 1 is 1.32 bits per heavy atom. The molecule has 2 rings (SSSR count). The lowest BCUT2D eigenvalue weighted by molar-refractivity contribution is 0.405. The third-order valence-corrected chi connectivity index (χ3v) is 4.56. The molecule has 1 heterocycles. The standard InChI is InChI=1S/C13H14Br2N2OS/c1-8-7-19-12(17-8)6-16-5-9-3-10(14)4-11(15)13(9)18-2/h3-4,7,16H,5-6H2,1-2H3. The summed E-state index contributed by atoms with van der Waals surface area (Å²) in [6, 6.07) is 4.04. The van der Waals surface area contributed by atoms with Crippen LogP contribution in [0.1, 0.15) is 16.3 Å². The number of hydrogen-bond acceptors (Lipinski definition) is 4. The van der Waals surface area contributed by atoms with Crippen LogP contribution in [0.4, 0.5) is 0 Å². The highest BCUT2D eigenvalue weighted by Crippen LogP contribution is 2.32. The Hall–Kier alpha value is -0.430. The van der Waals surface area contributed by atoms with Crippen LogP contribution in [0.3, 0.4) is 0 Å². The maximum Gasteiger partial charge on any atom is 0.137 e. The number of benzene rings is 1. The highest BCUT2D eigenvalue weighted by molar-refractivity contribution is 9.11. The average Bonchev–Trinajstić information content (AvgIpc) is 2.74. The number of rotatable bonds is 5. The lowest BCUT2D eigenvalue weighted by Crippen LogP contribution is -2.13. The van der Waals surface area contributed by atoms with Crippen LogP contribution >= 0.6 is 43.2 Å². The zero-order chi connectivity index (χ0) is 13.8. The van der Waals surface area contributed by atoms with Crippen molar-refractivity contribution in [1.29, 1.82) is 0 Å². The second-order valence-electron chi connectivity index (χ2n) is 4.07. The molecule has 0 aliphatic rings. The van der Waals surface area contributed by atoms with Crippen molar-refractivity contribution in [2.45, 2.75) is 20.0 Å². The van der Waals surface area contributed by atoms with Crippen LogP contribution < -0.4 is 10.1 Å². The zero-order valence-electron chi connectivity index (χ0n) is 10.7. The number of nitrogens with zero attached hydrogens (tertiary/aromatic N) is 1. The van der Waals surface area contributed by atoms with Gasteiger partial charge in [-0.1, -0.05) is 15.9 Å². The fourth-order valence-corrected chi connectivity index (χ4v) is 3.98. The van der Waals surface area contributed by atoms with E-state index in [0.717, 1.165) is 44.0 Å². The molecule has 3 nitrogen and oxygen atoms in total. The summed E-state index contributed by atoms with van der Waals surface area (Å²) in [4.78, 5) is 4.43. The fraction of sp³-hybridized carbons (Fsp3) is 0.308. The highest BCUT2D eigenvalue weighted by atomic mass is 79.9. The van der Waals surface area contributed by atoms with E-state index in [2.05, 4.69) is 53.6 Å². The minimum atomic E-state index is 0.736. The van der Waals surface area contributed by atoms with Crippen molar-refractivity contribution >= 4 is 43.2 Å². The number of halogens is 2. The molecule has 0 unspecified atom stereocenters. The van der Waals surface area contributed by atoms with Crippen LogP contribution in [0, 0.1) is 6.92 Å². The van der Waals surface area contributed by atoms with Gasteiger partial charge in [0.1, 0.15) is 10.8 Å². The number of hydrogen-bond donors (Lipinski definition) is 1. The van der Waals surface area contributed by atoms with Gasteiger partial charge in [0.25, 0.3) is 0 Å². The molecule has 6 heteroatoms. The summed E-state index contributed by atoms with van der Waals surface area (Å²) in [5, 5.41) is 6.55. The SMILES string of the molecule is COc1c(Br)cc(Br)cc1CNCc1nc(C)cs1. The lowest BCUT2D eigenvalue weighted by atomic mass is 10.2. The van der Waals surface area contributed by atoms with E-state index in [-0.39, 0.29) is 0 Å². The quantitative estimate of drug-likeness (QED) is 0.806. The molecule has 0 atom stereocenters. The van der Waals surface area contributed by atoms with Gasteiger partial charge in [-0.3, -0.25) is 0 Å². The van der Waals surface area contributed by atoms with Crippen LogP contribution in [0.15, 0.2) is 26.5 Å². The Bertz CT molecular complexity index is 572. The van der Waals surface area contributed by atoms with E-state index in [1.54, 1.807) is 18.4 Å². The van der Waals surface area contributed by atoms with E-state index in [9.17, 15) is 0 Å². The highest BCUT2D eigenvalue weighted by Gasteiger charge is 2.09. The Morgan fingerprint density at radius 2 is 2.11 bits per heavy atom. The zero-order valence-corrected chi connectivity index (χ0v) is 14.7. The Kier molecular flexibility index (Phi) is 5.38. The summed E-state index contributed by atoms with van der Waals surface area (Å²) in [5.74, 6) is 0.867. The molecule has 1 N–H and O–H groups in total. The second-order valence-corrected chi connectivity index (χ2v) is 6.78. The Morgan fingerprint density at radius 3 is 2.74 bits per heavy atom. The summed E-state index contributed by atoms with van der Waals surface area (Å²) < 4.78 is 7.40. The first-order valence-corrected chi connectivity index (χ1v) is 8.20. The molecule has 1 aromatic carbocycles. The number of thiazole rings is 1. The van der Waals surface area contributed by atoms with Gasteiger partial charge in [-0.2, -0.15) is 0 Å². The molecular formula is C13H14Br2N2OS. The number of methoxy groups -OCH3 is 1. The van der Waals surface area contributed by atoms with Crippen LogP contribution in [-0.2, 0) is 13.1 Å². The molecule has 0 saturated carbocycles. The van der Waals surface area contributed by atoms with Gasteiger partial charge in [-0.25, -0.2) is 4.98 Å². The van der Waals surface area contributed by atoms with E-state index in [4.69, 9.17) is 4.74 Å². The summed E-state index contributed by atoms with van der Waals surface area (Å²) in [6.07, 6.45) is 0. The van der Waals surface area contributed by atoms with Gasteiger partial charge in [-0.15, -0.1) is 11.3 Å². The largest absolute Gasteiger partial charge is 0.495 e. The number of aromatic nitrogens is 1. The van der Waals surface area contributed by atoms with Crippen LogP contribution in [0.5, 0.6) is 5.75 Å². The fourth-order valence-electron chi connectivity index (χ4n) is 1.76. The van der Waals surface area contributed by atoms with Crippen LogP contribution in [0.2, 0.25) is 0 Å². The van der Waals surface area contributed by atoms with Crippen molar-refractivity contribution in [3.8, 4) is 5.75 Å². The minimum Gasteiger partial charge on any atom is -0.495 e. The van der Waals surface area contributed by atoms with Gasteiger partial charge in [-0.05, 0) is 35.0 Å². The summed E-state index contributed by atoms with van der Waals surface area (Å²) in [5.41, 5.74) is 2.18. The first kappa shape index (κ1) is 15.0. The number of ether oxygens (including phenoxy) is 1. The molecular weight excluding hydrogens is 392 g/mol. The average molecular weight is 406 g/mol. The first-order chi connectivity index (χ1) is 9.10. The van der Waals surface area contributed by atoms with Crippen molar-refractivity contribution in [2.75, 3.05) is 7.11 Å². The van der Waals surface area contributed by atoms with E-state index < -0.39 is 0 Å². The normalized spacial score (nSPS) is 10.7. The Balaban J connectivity index is 2.02. The summed E-state index contributed by atoms with van der Waals surface area (Å²) in [6.45, 7) is 3.51. The van der Waals surface area contributed by atoms with Gasteiger partial charge in [0.05, 0.1) is 11.6 Å². The summed E-state index contributed by atoms with van der Waals surface area (Å²) >= 11 is 8.68. The van der Waals surface area contributed by atoms with E-state index in [1.807, 2.05) is 13.0 Å². The van der Waals surface area contributed by atoms with E-state index >= 15 is 0 Å². The van der Waals surface area contributed by atoms with Gasteiger partial charge in [0.15, 0.2) is 0 Å². The van der Waals surface area contributed by atoms with Crippen molar-refractivity contribution in [3.63, 3.8) is 0 Å². The van der Waals surface area contributed by atoms with Crippen molar-refractivity contribution in [1.82, 2.24) is 10.3 Å². The van der Waals surface area contributed by atoms with Crippen molar-refractivity contribution < 1.29 is 4.74 Å². The number of aryl methyl sites for hydroxylation is 1. The smallest absolute Gasteiger partial charge is 0.137 e. The molecule has 0 amide bonds. The molecule has 0 aliphatic heterocycles. The molecule has 0 saturated heterocycles. The monoisotopic (exact) mass is 404 g/mol. The van der Waals surface area contributed by atoms with Gasteiger partial charge in [0.2, 0.25) is 0 Å². The second kappa shape index (κ2) is 6.83. The third-order valence-electron chi connectivity index (χ3n) is 2.55. The molecule has 0 bridgehead atoms. The third kappa shape index (κ3) is 4.02. The molecule has 1 aromatic heterocycles. The van der Waals surface area contributed by atoms with Crippen molar-refractivity contribution in [2.24, 2.45) is 0 Å². The number of nitrogens with one attached hydrogen (secondary N) is 1. The molecule has 0 spiro atoms. The summed E-state index contributed by atoms with van der Waals surface area (Å²) in [7, 11) is 1.68.